The van der Waals surface area contributed by atoms with Crippen LogP contribution < -0.4 is 5.32 Å². The molecule has 2 rings (SSSR count). The van der Waals surface area contributed by atoms with Crippen LogP contribution in [0.1, 0.15) is 44.2 Å². The number of nitrogens with zero attached hydrogens (tertiary/aromatic N) is 1. The molecule has 0 aromatic carbocycles. The molecule has 1 heterocycles. The Labute approximate surface area is 111 Å². The zero-order valence-electron chi connectivity index (χ0n) is 11.0. The molecular formula is C14H19F3N2. The van der Waals surface area contributed by atoms with Gasteiger partial charge in [0.2, 0.25) is 0 Å². The van der Waals surface area contributed by atoms with Crippen LogP contribution in [0.2, 0.25) is 0 Å². The summed E-state index contributed by atoms with van der Waals surface area (Å²) in [5.41, 5.74) is 0.925. The van der Waals surface area contributed by atoms with Crippen molar-refractivity contribution in [1.82, 2.24) is 10.3 Å². The lowest BCUT2D eigenvalue weighted by atomic mass is 9.83. The molecule has 0 radical (unpaired) electrons. The lowest BCUT2D eigenvalue weighted by Gasteiger charge is -2.35. The Hall–Kier alpha value is -1.10. The Morgan fingerprint density at radius 3 is 2.68 bits per heavy atom. The van der Waals surface area contributed by atoms with Gasteiger partial charge in [-0.25, -0.2) is 0 Å². The van der Waals surface area contributed by atoms with E-state index in [9.17, 15) is 13.2 Å². The first-order chi connectivity index (χ1) is 8.98. The first-order valence-electron chi connectivity index (χ1n) is 6.71. The Bertz CT molecular complexity index is 391. The van der Waals surface area contributed by atoms with Crippen LogP contribution in [0.15, 0.2) is 24.5 Å². The summed E-state index contributed by atoms with van der Waals surface area (Å²) < 4.78 is 39.0. The minimum atomic E-state index is -4.10. The van der Waals surface area contributed by atoms with Crippen LogP contribution in [0.4, 0.5) is 13.2 Å². The molecule has 1 aromatic rings. The van der Waals surface area contributed by atoms with Gasteiger partial charge in [-0.1, -0.05) is 18.9 Å². The lowest BCUT2D eigenvalue weighted by molar-refractivity contribution is -0.189. The number of alkyl halides is 3. The van der Waals surface area contributed by atoms with E-state index in [0.717, 1.165) is 12.0 Å². The van der Waals surface area contributed by atoms with Crippen LogP contribution in [0.25, 0.3) is 0 Å². The summed E-state index contributed by atoms with van der Waals surface area (Å²) >= 11 is 0. The molecule has 0 spiro atoms. The van der Waals surface area contributed by atoms with Crippen molar-refractivity contribution in [3.8, 4) is 0 Å². The maximum atomic E-state index is 13.0. The highest BCUT2D eigenvalue weighted by molar-refractivity contribution is 5.13. The minimum absolute atomic E-state index is 0.110. The zero-order valence-corrected chi connectivity index (χ0v) is 11.0. The van der Waals surface area contributed by atoms with E-state index in [1.165, 1.54) is 0 Å². The van der Waals surface area contributed by atoms with E-state index < -0.39 is 18.1 Å². The molecule has 1 aliphatic rings. The summed E-state index contributed by atoms with van der Waals surface area (Å²) in [4.78, 5) is 4.00. The molecule has 19 heavy (non-hydrogen) atoms. The molecule has 0 bridgehead atoms. The van der Waals surface area contributed by atoms with Gasteiger partial charge in [-0.05, 0) is 31.4 Å². The fraction of sp³-hybridized carbons (Fsp3) is 0.643. The summed E-state index contributed by atoms with van der Waals surface area (Å²) in [6.07, 6.45) is 1.62. The highest BCUT2D eigenvalue weighted by atomic mass is 19.4. The highest BCUT2D eigenvalue weighted by Gasteiger charge is 2.45. The summed E-state index contributed by atoms with van der Waals surface area (Å²) in [5.74, 6) is -1.22. The largest absolute Gasteiger partial charge is 0.393 e. The molecule has 1 aromatic heterocycles. The number of aromatic nitrogens is 1. The maximum Gasteiger partial charge on any atom is 0.393 e. The molecule has 1 fully saturated rings. The third-order valence-corrected chi connectivity index (χ3v) is 3.83. The van der Waals surface area contributed by atoms with Gasteiger partial charge in [-0.15, -0.1) is 0 Å². The molecule has 1 saturated carbocycles. The molecule has 2 nitrogen and oxygen atoms in total. The van der Waals surface area contributed by atoms with Gasteiger partial charge in [0.25, 0.3) is 0 Å². The molecule has 3 unspecified atom stereocenters. The third-order valence-electron chi connectivity index (χ3n) is 3.83. The normalized spacial score (nSPS) is 26.1. The van der Waals surface area contributed by atoms with E-state index in [0.29, 0.717) is 12.8 Å². The van der Waals surface area contributed by atoms with Crippen molar-refractivity contribution in [1.29, 1.82) is 0 Å². The molecule has 0 saturated heterocycles. The van der Waals surface area contributed by atoms with Crippen LogP contribution in [-0.2, 0) is 0 Å². The second-order valence-electron chi connectivity index (χ2n) is 5.21. The molecule has 1 aliphatic carbocycles. The van der Waals surface area contributed by atoms with Crippen molar-refractivity contribution in [2.45, 2.75) is 50.9 Å². The third kappa shape index (κ3) is 3.69. The number of rotatable bonds is 3. The average molecular weight is 272 g/mol. The second-order valence-corrected chi connectivity index (χ2v) is 5.21. The van der Waals surface area contributed by atoms with Gasteiger partial charge in [0.05, 0.1) is 5.92 Å². The van der Waals surface area contributed by atoms with Crippen molar-refractivity contribution in [3.05, 3.63) is 30.1 Å². The minimum Gasteiger partial charge on any atom is -0.307 e. The quantitative estimate of drug-likeness (QED) is 0.904. The van der Waals surface area contributed by atoms with Gasteiger partial charge in [0.1, 0.15) is 0 Å². The molecule has 0 amide bonds. The summed E-state index contributed by atoms with van der Waals surface area (Å²) in [5, 5.41) is 3.13. The fourth-order valence-electron chi connectivity index (χ4n) is 2.77. The van der Waals surface area contributed by atoms with E-state index >= 15 is 0 Å². The molecule has 3 atom stereocenters. The van der Waals surface area contributed by atoms with Crippen LogP contribution >= 0.6 is 0 Å². The Kier molecular flexibility index (Phi) is 4.45. The Balaban J connectivity index is 2.04. The predicted molar refractivity (Wildman–Crippen MR) is 67.6 cm³/mol. The molecular weight excluding hydrogens is 253 g/mol. The second kappa shape index (κ2) is 5.90. The maximum absolute atomic E-state index is 13.0. The summed E-state index contributed by atoms with van der Waals surface area (Å²) in [7, 11) is 0. The smallest absolute Gasteiger partial charge is 0.307 e. The number of nitrogens with one attached hydrogen (secondary N) is 1. The highest BCUT2D eigenvalue weighted by Crippen LogP contribution is 2.38. The molecule has 106 valence electrons. The molecule has 1 N–H and O–H groups in total. The first kappa shape index (κ1) is 14.3. The van der Waals surface area contributed by atoms with E-state index in [1.807, 2.05) is 13.0 Å². The molecule has 5 heteroatoms. The fourth-order valence-corrected chi connectivity index (χ4v) is 2.77. The van der Waals surface area contributed by atoms with Gasteiger partial charge in [-0.2, -0.15) is 13.2 Å². The van der Waals surface area contributed by atoms with Crippen molar-refractivity contribution >= 4 is 0 Å². The average Bonchev–Trinajstić information content (AvgIpc) is 2.39. The number of halogens is 3. The predicted octanol–water partition coefficient (Wildman–Crippen LogP) is 3.85. The van der Waals surface area contributed by atoms with Gasteiger partial charge < -0.3 is 5.32 Å². The topological polar surface area (TPSA) is 24.9 Å². The van der Waals surface area contributed by atoms with Gasteiger partial charge >= 0.3 is 6.18 Å². The van der Waals surface area contributed by atoms with Crippen molar-refractivity contribution in [3.63, 3.8) is 0 Å². The van der Waals surface area contributed by atoms with Gasteiger partial charge in [0, 0.05) is 24.5 Å². The number of pyridine rings is 1. The Morgan fingerprint density at radius 1 is 1.32 bits per heavy atom. The zero-order chi connectivity index (χ0) is 13.9. The SMILES string of the molecule is CC(NC1CCCCC1C(F)(F)F)c1cccnc1. The standard InChI is InChI=1S/C14H19F3N2/c1-10(11-5-4-8-18-9-11)19-13-7-3-2-6-12(13)14(15,16)17/h4-5,8-10,12-13,19H,2-3,6-7H2,1H3. The first-order valence-corrected chi connectivity index (χ1v) is 6.71. The van der Waals surface area contributed by atoms with E-state index in [2.05, 4.69) is 10.3 Å². The molecule has 0 aliphatic heterocycles. The van der Waals surface area contributed by atoms with Crippen molar-refractivity contribution in [2.24, 2.45) is 5.92 Å². The van der Waals surface area contributed by atoms with E-state index in [-0.39, 0.29) is 12.5 Å². The van der Waals surface area contributed by atoms with Crippen LogP contribution in [0, 0.1) is 5.92 Å². The summed E-state index contributed by atoms with van der Waals surface area (Å²) in [6.45, 7) is 1.89. The van der Waals surface area contributed by atoms with Crippen LogP contribution in [0.3, 0.4) is 0 Å². The van der Waals surface area contributed by atoms with E-state index in [4.69, 9.17) is 0 Å². The number of hydrogen-bond donors (Lipinski definition) is 1. The summed E-state index contributed by atoms with van der Waals surface area (Å²) in [6, 6.07) is 3.09. The van der Waals surface area contributed by atoms with Gasteiger partial charge in [-0.3, -0.25) is 4.98 Å². The number of hydrogen-bond acceptors (Lipinski definition) is 2. The van der Waals surface area contributed by atoms with Crippen molar-refractivity contribution in [2.75, 3.05) is 0 Å². The van der Waals surface area contributed by atoms with Crippen LogP contribution in [0.5, 0.6) is 0 Å². The van der Waals surface area contributed by atoms with Crippen molar-refractivity contribution < 1.29 is 13.2 Å². The van der Waals surface area contributed by atoms with E-state index in [1.54, 1.807) is 18.5 Å². The Morgan fingerprint density at radius 2 is 2.05 bits per heavy atom. The lowest BCUT2D eigenvalue weighted by Crippen LogP contribution is -2.46. The van der Waals surface area contributed by atoms with Crippen LogP contribution in [-0.4, -0.2) is 17.2 Å². The van der Waals surface area contributed by atoms with Gasteiger partial charge in [0.15, 0.2) is 0 Å². The monoisotopic (exact) mass is 272 g/mol.